The van der Waals surface area contributed by atoms with Crippen LogP contribution in [-0.4, -0.2) is 47.6 Å². The second-order valence-corrected chi connectivity index (χ2v) is 8.70. The molecule has 0 saturated carbocycles. The van der Waals surface area contributed by atoms with Crippen molar-refractivity contribution in [2.75, 3.05) is 24.5 Å². The highest BCUT2D eigenvalue weighted by atomic mass is 32.1. The zero-order valence-electron chi connectivity index (χ0n) is 16.9. The lowest BCUT2D eigenvalue weighted by Crippen LogP contribution is -2.41. The fraction of sp³-hybridized carbons (Fsp3) is 0.600. The molecule has 3 rings (SSSR count). The summed E-state index contributed by atoms with van der Waals surface area (Å²) in [5.41, 5.74) is 1.24. The smallest absolute Gasteiger partial charge is 0.307 e. The molecule has 8 heteroatoms. The van der Waals surface area contributed by atoms with E-state index >= 15 is 0 Å². The summed E-state index contributed by atoms with van der Waals surface area (Å²) in [6.45, 7) is 9.75. The van der Waals surface area contributed by atoms with Gasteiger partial charge in [-0.25, -0.2) is 9.97 Å². The second-order valence-electron chi connectivity index (χ2n) is 7.50. The predicted molar refractivity (Wildman–Crippen MR) is 111 cm³/mol. The van der Waals surface area contributed by atoms with Crippen LogP contribution in [0.25, 0.3) is 10.2 Å². The minimum atomic E-state index is -0.278. The zero-order chi connectivity index (χ0) is 20.3. The molecular weight excluding hydrogens is 376 g/mol. The number of piperidine rings is 1. The number of amides is 1. The Kier molecular flexibility index (Phi) is 6.49. The van der Waals surface area contributed by atoms with Gasteiger partial charge in [-0.2, -0.15) is 0 Å². The standard InChI is InChI=1S/C20H28N4O3S/c1-12(2)27-16(25)5-8-21-19(26)15-6-9-24(10-7-15)18-17-13(3)14(4)28-20(17)23-11-22-18/h11-12,15H,5-10H2,1-4H3,(H,21,26). The van der Waals surface area contributed by atoms with Crippen LogP contribution >= 0.6 is 11.3 Å². The Balaban J connectivity index is 1.54. The van der Waals surface area contributed by atoms with Crippen molar-refractivity contribution < 1.29 is 14.3 Å². The molecule has 7 nitrogen and oxygen atoms in total. The van der Waals surface area contributed by atoms with Crippen molar-refractivity contribution in [3.05, 3.63) is 16.8 Å². The Morgan fingerprint density at radius 3 is 2.68 bits per heavy atom. The van der Waals surface area contributed by atoms with Crippen LogP contribution in [0.1, 0.15) is 43.6 Å². The van der Waals surface area contributed by atoms with Crippen molar-refractivity contribution in [1.82, 2.24) is 15.3 Å². The number of aryl methyl sites for hydroxylation is 2. The van der Waals surface area contributed by atoms with Crippen LogP contribution in [0.2, 0.25) is 0 Å². The number of fused-ring (bicyclic) bond motifs is 1. The van der Waals surface area contributed by atoms with E-state index in [0.29, 0.717) is 6.54 Å². The van der Waals surface area contributed by atoms with Crippen molar-refractivity contribution >= 4 is 39.2 Å². The summed E-state index contributed by atoms with van der Waals surface area (Å²) in [4.78, 5) is 37.5. The van der Waals surface area contributed by atoms with E-state index < -0.39 is 0 Å². The Morgan fingerprint density at radius 1 is 1.29 bits per heavy atom. The number of anilines is 1. The average molecular weight is 405 g/mol. The van der Waals surface area contributed by atoms with Gasteiger partial charge in [-0.1, -0.05) is 0 Å². The highest BCUT2D eigenvalue weighted by molar-refractivity contribution is 7.18. The van der Waals surface area contributed by atoms with E-state index in [0.717, 1.165) is 42.0 Å². The van der Waals surface area contributed by atoms with Crippen LogP contribution in [-0.2, 0) is 14.3 Å². The number of thiophene rings is 1. The number of ether oxygens (including phenoxy) is 1. The number of carbonyl (C=O) groups excluding carboxylic acids is 2. The van der Waals surface area contributed by atoms with E-state index in [1.807, 2.05) is 13.8 Å². The van der Waals surface area contributed by atoms with Gasteiger partial charge >= 0.3 is 5.97 Å². The van der Waals surface area contributed by atoms with Crippen LogP contribution in [0, 0.1) is 19.8 Å². The molecule has 1 N–H and O–H groups in total. The van der Waals surface area contributed by atoms with E-state index in [1.54, 1.807) is 17.7 Å². The molecule has 0 atom stereocenters. The summed E-state index contributed by atoms with van der Waals surface area (Å²) >= 11 is 1.70. The first kappa shape index (κ1) is 20.5. The lowest BCUT2D eigenvalue weighted by molar-refractivity contribution is -0.147. The van der Waals surface area contributed by atoms with Crippen molar-refractivity contribution in [2.24, 2.45) is 5.92 Å². The maximum absolute atomic E-state index is 12.4. The molecule has 2 aromatic rings. The van der Waals surface area contributed by atoms with E-state index in [2.05, 4.69) is 34.0 Å². The molecule has 1 aliphatic rings. The molecule has 0 spiro atoms. The quantitative estimate of drug-likeness (QED) is 0.745. The monoisotopic (exact) mass is 404 g/mol. The van der Waals surface area contributed by atoms with Crippen LogP contribution in [0.5, 0.6) is 0 Å². The van der Waals surface area contributed by atoms with Gasteiger partial charge in [-0.3, -0.25) is 9.59 Å². The fourth-order valence-corrected chi connectivity index (χ4v) is 4.50. The lowest BCUT2D eigenvalue weighted by atomic mass is 9.95. The lowest BCUT2D eigenvalue weighted by Gasteiger charge is -2.32. The average Bonchev–Trinajstić information content (AvgIpc) is 2.95. The number of nitrogens with one attached hydrogen (secondary N) is 1. The van der Waals surface area contributed by atoms with Gasteiger partial charge in [-0.15, -0.1) is 11.3 Å². The molecule has 152 valence electrons. The van der Waals surface area contributed by atoms with Gasteiger partial charge in [0.1, 0.15) is 17.0 Å². The van der Waals surface area contributed by atoms with Crippen LogP contribution in [0.15, 0.2) is 6.33 Å². The van der Waals surface area contributed by atoms with Crippen LogP contribution < -0.4 is 10.2 Å². The predicted octanol–water partition coefficient (Wildman–Crippen LogP) is 2.98. The number of esters is 1. The van der Waals surface area contributed by atoms with E-state index in [4.69, 9.17) is 4.74 Å². The fourth-order valence-electron chi connectivity index (χ4n) is 3.51. The molecule has 1 saturated heterocycles. The van der Waals surface area contributed by atoms with Gasteiger partial charge in [0, 0.05) is 30.4 Å². The molecule has 0 aromatic carbocycles. The van der Waals surface area contributed by atoms with Crippen LogP contribution in [0.4, 0.5) is 5.82 Å². The first-order valence-electron chi connectivity index (χ1n) is 9.79. The van der Waals surface area contributed by atoms with E-state index in [9.17, 15) is 9.59 Å². The van der Waals surface area contributed by atoms with Gasteiger partial charge in [0.2, 0.25) is 5.91 Å². The number of aromatic nitrogens is 2. The van der Waals surface area contributed by atoms with E-state index in [1.165, 1.54) is 10.4 Å². The summed E-state index contributed by atoms with van der Waals surface area (Å²) in [5.74, 6) is 0.689. The first-order valence-corrected chi connectivity index (χ1v) is 10.6. The molecule has 1 aliphatic heterocycles. The summed E-state index contributed by atoms with van der Waals surface area (Å²) in [7, 11) is 0. The molecule has 0 aliphatic carbocycles. The van der Waals surface area contributed by atoms with Gasteiger partial charge in [0.05, 0.1) is 17.9 Å². The topological polar surface area (TPSA) is 84.4 Å². The number of carbonyl (C=O) groups is 2. The molecule has 1 amide bonds. The van der Waals surface area contributed by atoms with Crippen molar-refractivity contribution in [2.45, 2.75) is 53.1 Å². The highest BCUT2D eigenvalue weighted by Crippen LogP contribution is 2.35. The molecule has 0 unspecified atom stereocenters. The first-order chi connectivity index (χ1) is 13.4. The number of hydrogen-bond donors (Lipinski definition) is 1. The second kappa shape index (κ2) is 8.86. The minimum absolute atomic E-state index is 0.0207. The van der Waals surface area contributed by atoms with Crippen LogP contribution in [0.3, 0.4) is 0 Å². The summed E-state index contributed by atoms with van der Waals surface area (Å²) < 4.78 is 5.08. The third kappa shape index (κ3) is 4.60. The van der Waals surface area contributed by atoms with Gasteiger partial charge in [0.15, 0.2) is 0 Å². The number of nitrogens with zero attached hydrogens (tertiary/aromatic N) is 3. The summed E-state index contributed by atoms with van der Waals surface area (Å²) in [6.07, 6.45) is 3.25. The molecule has 2 aromatic heterocycles. The van der Waals surface area contributed by atoms with Crippen molar-refractivity contribution in [3.63, 3.8) is 0 Å². The minimum Gasteiger partial charge on any atom is -0.463 e. The Hall–Kier alpha value is -2.22. The van der Waals surface area contributed by atoms with Gasteiger partial charge in [-0.05, 0) is 46.1 Å². The van der Waals surface area contributed by atoms with Gasteiger partial charge < -0.3 is 15.0 Å². The maximum atomic E-state index is 12.4. The maximum Gasteiger partial charge on any atom is 0.307 e. The number of hydrogen-bond acceptors (Lipinski definition) is 7. The Bertz CT molecular complexity index is 856. The SMILES string of the molecule is Cc1sc2ncnc(N3CCC(C(=O)NCCC(=O)OC(C)C)CC3)c2c1C. The largest absolute Gasteiger partial charge is 0.463 e. The Labute approximate surface area is 169 Å². The third-order valence-corrected chi connectivity index (χ3v) is 6.22. The zero-order valence-corrected chi connectivity index (χ0v) is 17.8. The molecule has 1 fully saturated rings. The molecule has 28 heavy (non-hydrogen) atoms. The summed E-state index contributed by atoms with van der Waals surface area (Å²) in [5, 5.41) is 4.01. The van der Waals surface area contributed by atoms with Crippen molar-refractivity contribution in [3.8, 4) is 0 Å². The van der Waals surface area contributed by atoms with Gasteiger partial charge in [0.25, 0.3) is 0 Å². The molecule has 3 heterocycles. The normalized spacial score (nSPS) is 15.2. The molecule has 0 radical (unpaired) electrons. The van der Waals surface area contributed by atoms with Crippen molar-refractivity contribution in [1.29, 1.82) is 0 Å². The third-order valence-electron chi connectivity index (χ3n) is 5.11. The number of rotatable bonds is 6. The van der Waals surface area contributed by atoms with E-state index in [-0.39, 0.29) is 30.3 Å². The Morgan fingerprint density at radius 2 is 2.00 bits per heavy atom. The summed E-state index contributed by atoms with van der Waals surface area (Å²) in [6, 6.07) is 0. The molecule has 0 bridgehead atoms. The highest BCUT2D eigenvalue weighted by Gasteiger charge is 2.27. The molecular formula is C20H28N4O3S.